The largest absolute Gasteiger partial charge is 0.353 e. The molecule has 1 aliphatic heterocycles. The van der Waals surface area contributed by atoms with Crippen LogP contribution in [0.1, 0.15) is 46.0 Å². The number of amides is 2. The molecule has 0 aromatic rings. The van der Waals surface area contributed by atoms with Crippen LogP contribution in [0.5, 0.6) is 0 Å². The summed E-state index contributed by atoms with van der Waals surface area (Å²) in [7, 11) is 0. The zero-order valence-electron chi connectivity index (χ0n) is 10.8. The Labute approximate surface area is 103 Å². The first kappa shape index (κ1) is 12.4. The zero-order chi connectivity index (χ0) is 12.5. The molecule has 1 aliphatic carbocycles. The van der Waals surface area contributed by atoms with Crippen molar-refractivity contribution in [2.24, 2.45) is 5.41 Å². The first-order valence-corrected chi connectivity index (χ1v) is 6.63. The van der Waals surface area contributed by atoms with Gasteiger partial charge in [0.05, 0.1) is 0 Å². The van der Waals surface area contributed by atoms with Crippen LogP contribution in [0.3, 0.4) is 0 Å². The maximum Gasteiger partial charge on any atom is 0.242 e. The van der Waals surface area contributed by atoms with Crippen LogP contribution in [0, 0.1) is 5.41 Å². The Morgan fingerprint density at radius 2 is 2.00 bits per heavy atom. The molecule has 0 radical (unpaired) electrons. The van der Waals surface area contributed by atoms with E-state index in [1.54, 1.807) is 4.90 Å². The van der Waals surface area contributed by atoms with E-state index in [0.29, 0.717) is 13.1 Å². The van der Waals surface area contributed by atoms with Crippen LogP contribution in [0.4, 0.5) is 0 Å². The first-order valence-electron chi connectivity index (χ1n) is 6.63. The van der Waals surface area contributed by atoms with E-state index < -0.39 is 0 Å². The van der Waals surface area contributed by atoms with Crippen molar-refractivity contribution in [2.75, 3.05) is 13.1 Å². The van der Waals surface area contributed by atoms with Gasteiger partial charge in [0.2, 0.25) is 11.8 Å². The minimum atomic E-state index is -0.310. The average molecular weight is 238 g/mol. The van der Waals surface area contributed by atoms with Gasteiger partial charge in [0.15, 0.2) is 0 Å². The predicted molar refractivity (Wildman–Crippen MR) is 65.4 cm³/mol. The Balaban J connectivity index is 2.10. The van der Waals surface area contributed by atoms with Gasteiger partial charge in [-0.2, -0.15) is 0 Å². The minimum Gasteiger partial charge on any atom is -0.353 e. The van der Waals surface area contributed by atoms with Gasteiger partial charge in [-0.1, -0.05) is 26.2 Å². The summed E-state index contributed by atoms with van der Waals surface area (Å²) >= 11 is 0. The Bertz CT molecular complexity index is 321. The van der Waals surface area contributed by atoms with Crippen LogP contribution in [-0.4, -0.2) is 35.8 Å². The number of hydrogen-bond donors (Lipinski definition) is 1. The molecule has 4 nitrogen and oxygen atoms in total. The van der Waals surface area contributed by atoms with Gasteiger partial charge in [-0.25, -0.2) is 0 Å². The van der Waals surface area contributed by atoms with Crippen molar-refractivity contribution >= 4 is 11.8 Å². The van der Waals surface area contributed by atoms with E-state index in [4.69, 9.17) is 0 Å². The van der Waals surface area contributed by atoms with Crippen molar-refractivity contribution in [1.82, 2.24) is 10.2 Å². The second kappa shape index (κ2) is 4.67. The fourth-order valence-corrected chi connectivity index (χ4v) is 2.95. The number of nitrogens with zero attached hydrogens (tertiary/aromatic N) is 1. The summed E-state index contributed by atoms with van der Waals surface area (Å²) in [6.45, 7) is 5.12. The average Bonchev–Trinajstić information content (AvgIpc) is 2.33. The summed E-state index contributed by atoms with van der Waals surface area (Å²) in [5, 5.41) is 2.80. The van der Waals surface area contributed by atoms with E-state index in [1.165, 1.54) is 6.42 Å². The second-order valence-corrected chi connectivity index (χ2v) is 5.59. The molecular weight excluding hydrogens is 216 g/mol. The lowest BCUT2D eigenvalue weighted by molar-refractivity contribution is -0.151. The van der Waals surface area contributed by atoms with Gasteiger partial charge in [0.25, 0.3) is 0 Å². The molecule has 1 N–H and O–H groups in total. The third-order valence-electron chi connectivity index (χ3n) is 4.23. The third kappa shape index (κ3) is 2.31. The van der Waals surface area contributed by atoms with E-state index in [0.717, 1.165) is 25.7 Å². The highest BCUT2D eigenvalue weighted by Crippen LogP contribution is 2.37. The molecular formula is C13H22N2O2. The van der Waals surface area contributed by atoms with Crippen LogP contribution in [0.15, 0.2) is 0 Å². The monoisotopic (exact) mass is 238 g/mol. The zero-order valence-corrected chi connectivity index (χ0v) is 10.8. The van der Waals surface area contributed by atoms with Gasteiger partial charge in [0, 0.05) is 18.5 Å². The predicted octanol–water partition coefficient (Wildman–Crippen LogP) is 1.30. The summed E-state index contributed by atoms with van der Waals surface area (Å²) < 4.78 is 0. The minimum absolute atomic E-state index is 0.0241. The Morgan fingerprint density at radius 3 is 2.65 bits per heavy atom. The SMILES string of the molecule is CC1C(=O)NCCN1C(=O)C1(C)CCCCC1. The number of hydrogen-bond acceptors (Lipinski definition) is 2. The number of carbonyl (C=O) groups is 2. The van der Waals surface area contributed by atoms with Crippen molar-refractivity contribution in [1.29, 1.82) is 0 Å². The molecule has 2 amide bonds. The molecule has 2 fully saturated rings. The molecule has 4 heteroatoms. The summed E-state index contributed by atoms with van der Waals surface area (Å²) in [6.07, 6.45) is 5.44. The Hall–Kier alpha value is -1.06. The topological polar surface area (TPSA) is 49.4 Å². The van der Waals surface area contributed by atoms with Gasteiger partial charge >= 0.3 is 0 Å². The summed E-state index contributed by atoms with van der Waals surface area (Å²) in [5.74, 6) is 0.156. The molecule has 1 heterocycles. The summed E-state index contributed by atoms with van der Waals surface area (Å²) in [6, 6.07) is -0.310. The van der Waals surface area contributed by atoms with Crippen LogP contribution >= 0.6 is 0 Å². The van der Waals surface area contributed by atoms with Gasteiger partial charge in [-0.05, 0) is 19.8 Å². The van der Waals surface area contributed by atoms with Crippen molar-refractivity contribution in [3.05, 3.63) is 0 Å². The smallest absolute Gasteiger partial charge is 0.242 e. The van der Waals surface area contributed by atoms with Crippen LogP contribution in [-0.2, 0) is 9.59 Å². The van der Waals surface area contributed by atoms with Crippen LogP contribution < -0.4 is 5.32 Å². The van der Waals surface area contributed by atoms with Crippen molar-refractivity contribution in [2.45, 2.75) is 52.0 Å². The maximum atomic E-state index is 12.6. The van der Waals surface area contributed by atoms with E-state index in [-0.39, 0.29) is 23.3 Å². The molecule has 1 atom stereocenters. The number of nitrogens with one attached hydrogen (secondary N) is 1. The maximum absolute atomic E-state index is 12.6. The van der Waals surface area contributed by atoms with E-state index in [2.05, 4.69) is 12.2 Å². The van der Waals surface area contributed by atoms with Gasteiger partial charge in [0.1, 0.15) is 6.04 Å². The third-order valence-corrected chi connectivity index (χ3v) is 4.23. The Kier molecular flexibility index (Phi) is 3.40. The second-order valence-electron chi connectivity index (χ2n) is 5.59. The highest BCUT2D eigenvalue weighted by Gasteiger charge is 2.41. The molecule has 2 aliphatic rings. The van der Waals surface area contributed by atoms with E-state index in [9.17, 15) is 9.59 Å². The molecule has 0 spiro atoms. The van der Waals surface area contributed by atoms with E-state index >= 15 is 0 Å². The van der Waals surface area contributed by atoms with Crippen molar-refractivity contribution in [3.63, 3.8) is 0 Å². The molecule has 0 bridgehead atoms. The molecule has 0 aromatic heterocycles. The number of piperazine rings is 1. The Morgan fingerprint density at radius 1 is 1.35 bits per heavy atom. The lowest BCUT2D eigenvalue weighted by atomic mass is 9.74. The highest BCUT2D eigenvalue weighted by molar-refractivity contribution is 5.90. The number of rotatable bonds is 1. The summed E-state index contributed by atoms with van der Waals surface area (Å²) in [4.78, 5) is 25.9. The van der Waals surface area contributed by atoms with E-state index in [1.807, 2.05) is 6.92 Å². The van der Waals surface area contributed by atoms with Crippen LogP contribution in [0.25, 0.3) is 0 Å². The fourth-order valence-electron chi connectivity index (χ4n) is 2.95. The van der Waals surface area contributed by atoms with Gasteiger partial charge in [-0.3, -0.25) is 9.59 Å². The molecule has 2 rings (SSSR count). The van der Waals surface area contributed by atoms with Gasteiger partial charge in [-0.15, -0.1) is 0 Å². The fraction of sp³-hybridized carbons (Fsp3) is 0.846. The quantitative estimate of drug-likeness (QED) is 0.748. The van der Waals surface area contributed by atoms with Crippen LogP contribution in [0.2, 0.25) is 0 Å². The normalized spacial score (nSPS) is 28.7. The van der Waals surface area contributed by atoms with Crippen molar-refractivity contribution < 1.29 is 9.59 Å². The standard InChI is InChI=1S/C13H22N2O2/c1-10-11(16)14-8-9-15(10)12(17)13(2)6-4-3-5-7-13/h10H,3-9H2,1-2H3,(H,14,16). The molecule has 1 unspecified atom stereocenters. The molecule has 1 saturated heterocycles. The van der Waals surface area contributed by atoms with Gasteiger partial charge < -0.3 is 10.2 Å². The summed E-state index contributed by atoms with van der Waals surface area (Å²) in [5.41, 5.74) is -0.232. The molecule has 17 heavy (non-hydrogen) atoms. The molecule has 1 saturated carbocycles. The lowest BCUT2D eigenvalue weighted by Crippen LogP contribution is -2.59. The lowest BCUT2D eigenvalue weighted by Gasteiger charge is -2.41. The highest BCUT2D eigenvalue weighted by atomic mass is 16.2. The van der Waals surface area contributed by atoms with Crippen molar-refractivity contribution in [3.8, 4) is 0 Å². The first-order chi connectivity index (χ1) is 8.04. The number of carbonyl (C=O) groups excluding carboxylic acids is 2. The molecule has 96 valence electrons. The molecule has 0 aromatic carbocycles.